The number of imide groups is 1. The number of ether oxygens (including phenoxy) is 2. The Kier molecular flexibility index (Phi) is 6.56. The van der Waals surface area contributed by atoms with Crippen molar-refractivity contribution in [3.8, 4) is 5.75 Å². The van der Waals surface area contributed by atoms with E-state index in [1.165, 1.54) is 31.4 Å². The van der Waals surface area contributed by atoms with E-state index in [9.17, 15) is 24.5 Å². The number of carbonyl (C=O) groups is 3. The Bertz CT molecular complexity index is 821. The second-order valence-corrected chi connectivity index (χ2v) is 6.65. The molecule has 0 saturated carbocycles. The molecular formula is C17H18N2O7S. The van der Waals surface area contributed by atoms with Crippen LogP contribution in [0.15, 0.2) is 23.1 Å². The van der Waals surface area contributed by atoms with Crippen molar-refractivity contribution >= 4 is 40.6 Å². The van der Waals surface area contributed by atoms with Gasteiger partial charge in [-0.25, -0.2) is 0 Å². The van der Waals surface area contributed by atoms with Crippen molar-refractivity contribution in [2.45, 2.75) is 26.4 Å². The van der Waals surface area contributed by atoms with E-state index in [-0.39, 0.29) is 22.3 Å². The molecule has 0 spiro atoms. The number of non-ortho nitro benzene ring substituents is 1. The number of benzene rings is 1. The molecule has 2 rings (SSSR count). The number of nitro groups is 1. The predicted molar refractivity (Wildman–Crippen MR) is 98.2 cm³/mol. The zero-order valence-electron chi connectivity index (χ0n) is 15.0. The molecule has 1 atom stereocenters. The Labute approximate surface area is 159 Å². The Hall–Kier alpha value is -2.88. The van der Waals surface area contributed by atoms with E-state index >= 15 is 0 Å². The Morgan fingerprint density at radius 3 is 2.70 bits per heavy atom. The van der Waals surface area contributed by atoms with E-state index in [0.717, 1.165) is 4.90 Å². The van der Waals surface area contributed by atoms with Gasteiger partial charge in [-0.2, -0.15) is 0 Å². The quantitative estimate of drug-likeness (QED) is 0.300. The van der Waals surface area contributed by atoms with Crippen molar-refractivity contribution < 1.29 is 28.8 Å². The van der Waals surface area contributed by atoms with Gasteiger partial charge < -0.3 is 9.47 Å². The monoisotopic (exact) mass is 394 g/mol. The summed E-state index contributed by atoms with van der Waals surface area (Å²) in [5, 5.41) is 10.3. The van der Waals surface area contributed by atoms with Crippen molar-refractivity contribution in [3.63, 3.8) is 0 Å². The maximum Gasteiger partial charge on any atom is 0.326 e. The van der Waals surface area contributed by atoms with Crippen molar-refractivity contribution in [3.05, 3.63) is 38.8 Å². The lowest BCUT2D eigenvalue weighted by Gasteiger charge is -2.14. The number of nitro benzene ring substituents is 1. The highest BCUT2D eigenvalue weighted by atomic mass is 32.2. The summed E-state index contributed by atoms with van der Waals surface area (Å²) in [5.41, 5.74) is 0.0952. The molecular weight excluding hydrogens is 376 g/mol. The standard InChI is InChI=1S/C17H18N2O7S/c1-4-10(2)26-15(20)9-18-16(21)14(27-17(18)22)8-11-7-12(19(23)24)5-6-13(11)25-3/h5-8,10H,4,9H2,1-3H3/b14-8+/t10-/m0/s1. The van der Waals surface area contributed by atoms with Crippen LogP contribution in [0.3, 0.4) is 0 Å². The number of rotatable bonds is 7. The molecule has 1 fully saturated rings. The van der Waals surface area contributed by atoms with E-state index in [0.29, 0.717) is 23.9 Å². The Morgan fingerprint density at radius 2 is 2.11 bits per heavy atom. The summed E-state index contributed by atoms with van der Waals surface area (Å²) in [7, 11) is 1.38. The van der Waals surface area contributed by atoms with Gasteiger partial charge in [0.25, 0.3) is 16.8 Å². The molecule has 0 bridgehead atoms. The third-order valence-corrected chi connectivity index (χ3v) is 4.69. The van der Waals surface area contributed by atoms with Crippen molar-refractivity contribution in [2.24, 2.45) is 0 Å². The Morgan fingerprint density at radius 1 is 1.41 bits per heavy atom. The summed E-state index contributed by atoms with van der Waals surface area (Å²) in [6.45, 7) is 3.06. The van der Waals surface area contributed by atoms with Crippen LogP contribution in [0, 0.1) is 10.1 Å². The number of nitrogens with zero attached hydrogens (tertiary/aromatic N) is 2. The molecule has 9 nitrogen and oxygen atoms in total. The molecule has 0 radical (unpaired) electrons. The summed E-state index contributed by atoms with van der Waals surface area (Å²) in [5.74, 6) is -1.04. The lowest BCUT2D eigenvalue weighted by molar-refractivity contribution is -0.384. The van der Waals surface area contributed by atoms with Gasteiger partial charge in [0, 0.05) is 17.7 Å². The summed E-state index contributed by atoms with van der Waals surface area (Å²) in [6, 6.07) is 3.91. The molecule has 2 amide bonds. The third-order valence-electron chi connectivity index (χ3n) is 3.78. The fourth-order valence-electron chi connectivity index (χ4n) is 2.20. The van der Waals surface area contributed by atoms with Crippen LogP contribution in [-0.2, 0) is 14.3 Å². The van der Waals surface area contributed by atoms with Gasteiger partial charge in [-0.3, -0.25) is 29.4 Å². The summed E-state index contributed by atoms with van der Waals surface area (Å²) in [6.07, 6.45) is 1.62. The fourth-order valence-corrected chi connectivity index (χ4v) is 3.03. The second kappa shape index (κ2) is 8.67. The van der Waals surface area contributed by atoms with Crippen LogP contribution >= 0.6 is 11.8 Å². The molecule has 0 unspecified atom stereocenters. The zero-order chi connectivity index (χ0) is 20.1. The van der Waals surface area contributed by atoms with E-state index < -0.39 is 28.6 Å². The molecule has 144 valence electrons. The van der Waals surface area contributed by atoms with Crippen LogP contribution in [0.4, 0.5) is 10.5 Å². The number of methoxy groups -OCH3 is 1. The minimum atomic E-state index is -0.680. The minimum Gasteiger partial charge on any atom is -0.496 e. The van der Waals surface area contributed by atoms with Crippen LogP contribution in [0.1, 0.15) is 25.8 Å². The number of hydrogen-bond donors (Lipinski definition) is 0. The molecule has 1 aromatic carbocycles. The molecule has 10 heteroatoms. The molecule has 1 heterocycles. The smallest absolute Gasteiger partial charge is 0.326 e. The van der Waals surface area contributed by atoms with Gasteiger partial charge in [0.1, 0.15) is 12.3 Å². The topological polar surface area (TPSA) is 116 Å². The van der Waals surface area contributed by atoms with E-state index in [2.05, 4.69) is 0 Å². The summed E-state index contributed by atoms with van der Waals surface area (Å²) in [4.78, 5) is 47.6. The van der Waals surface area contributed by atoms with Crippen molar-refractivity contribution in [1.29, 1.82) is 0 Å². The summed E-state index contributed by atoms with van der Waals surface area (Å²) < 4.78 is 10.2. The molecule has 1 saturated heterocycles. The van der Waals surface area contributed by atoms with Gasteiger partial charge >= 0.3 is 5.97 Å². The minimum absolute atomic E-state index is 0.0372. The number of hydrogen-bond acceptors (Lipinski definition) is 8. The normalized spacial score (nSPS) is 16.6. The average Bonchev–Trinajstić information content (AvgIpc) is 2.88. The van der Waals surface area contributed by atoms with Gasteiger partial charge in [-0.15, -0.1) is 0 Å². The predicted octanol–water partition coefficient (Wildman–Crippen LogP) is 2.98. The maximum atomic E-state index is 12.5. The largest absolute Gasteiger partial charge is 0.496 e. The fraction of sp³-hybridized carbons (Fsp3) is 0.353. The first kappa shape index (κ1) is 20.4. The number of carbonyl (C=O) groups excluding carboxylic acids is 3. The highest BCUT2D eigenvalue weighted by Gasteiger charge is 2.37. The molecule has 27 heavy (non-hydrogen) atoms. The Balaban J connectivity index is 2.24. The first-order chi connectivity index (χ1) is 12.8. The van der Waals surface area contributed by atoms with Gasteiger partial charge in [0.15, 0.2) is 0 Å². The van der Waals surface area contributed by atoms with Gasteiger partial charge in [-0.05, 0) is 37.2 Å². The molecule has 0 aliphatic carbocycles. The molecule has 1 aliphatic heterocycles. The first-order valence-electron chi connectivity index (χ1n) is 8.04. The van der Waals surface area contributed by atoms with E-state index in [4.69, 9.17) is 9.47 Å². The zero-order valence-corrected chi connectivity index (χ0v) is 15.8. The van der Waals surface area contributed by atoms with Crippen LogP contribution in [0.2, 0.25) is 0 Å². The van der Waals surface area contributed by atoms with Gasteiger partial charge in [-0.1, -0.05) is 6.92 Å². The molecule has 1 aliphatic rings. The molecule has 1 aromatic rings. The third kappa shape index (κ3) is 4.85. The molecule has 0 N–H and O–H groups in total. The van der Waals surface area contributed by atoms with Crippen LogP contribution in [0.25, 0.3) is 6.08 Å². The van der Waals surface area contributed by atoms with Crippen molar-refractivity contribution in [1.82, 2.24) is 4.90 Å². The number of amides is 2. The maximum absolute atomic E-state index is 12.5. The first-order valence-corrected chi connectivity index (χ1v) is 8.85. The average molecular weight is 394 g/mol. The van der Waals surface area contributed by atoms with Gasteiger partial charge in [0.2, 0.25) is 0 Å². The van der Waals surface area contributed by atoms with E-state index in [1.54, 1.807) is 6.92 Å². The lowest BCUT2D eigenvalue weighted by atomic mass is 10.1. The highest BCUT2D eigenvalue weighted by Crippen LogP contribution is 2.35. The SMILES string of the molecule is CC[C@H](C)OC(=O)CN1C(=O)S/C(=C/c2cc([N+](=O)[O-])ccc2OC)C1=O. The van der Waals surface area contributed by atoms with Crippen molar-refractivity contribution in [2.75, 3.05) is 13.7 Å². The summed E-state index contributed by atoms with van der Waals surface area (Å²) >= 11 is 0.642. The van der Waals surface area contributed by atoms with Crippen LogP contribution < -0.4 is 4.74 Å². The lowest BCUT2D eigenvalue weighted by Crippen LogP contribution is -2.35. The number of thioether (sulfide) groups is 1. The highest BCUT2D eigenvalue weighted by molar-refractivity contribution is 8.18. The molecule has 0 aromatic heterocycles. The van der Waals surface area contributed by atoms with Gasteiger partial charge in [0.05, 0.1) is 23.0 Å². The second-order valence-electron chi connectivity index (χ2n) is 5.66. The van der Waals surface area contributed by atoms with E-state index in [1.807, 2.05) is 6.92 Å². The number of esters is 1. The van der Waals surface area contributed by atoms with Crippen LogP contribution in [0.5, 0.6) is 5.75 Å². The van der Waals surface area contributed by atoms with Crippen LogP contribution in [-0.4, -0.2) is 46.7 Å².